The van der Waals surface area contributed by atoms with E-state index >= 15 is 0 Å². The third-order valence-corrected chi connectivity index (χ3v) is 5.35. The van der Waals surface area contributed by atoms with Crippen LogP contribution in [0.5, 0.6) is 0 Å². The van der Waals surface area contributed by atoms with Gasteiger partial charge in [0.25, 0.3) is 35.4 Å². The number of rotatable bonds is 15. The van der Waals surface area contributed by atoms with Crippen molar-refractivity contribution in [1.82, 2.24) is 14.7 Å². The van der Waals surface area contributed by atoms with Gasteiger partial charge in [-0.25, -0.2) is 0 Å². The smallest absolute Gasteiger partial charge is 0.541 e. The summed E-state index contributed by atoms with van der Waals surface area (Å²) in [5, 5.41) is 0. The molecule has 3 aliphatic heterocycles. The van der Waals surface area contributed by atoms with Crippen LogP contribution in [0.1, 0.15) is 38.5 Å². The number of imide groups is 3. The summed E-state index contributed by atoms with van der Waals surface area (Å²) in [5.41, 5.74) is 0. The van der Waals surface area contributed by atoms with Gasteiger partial charge in [0.15, 0.2) is 0 Å². The number of hydrogen-bond donors (Lipinski definition) is 0. The minimum atomic E-state index is -0.419. The number of amides is 6. The Bertz CT molecular complexity index is 1070. The van der Waals surface area contributed by atoms with Crippen LogP contribution in [0.25, 0.3) is 0 Å². The van der Waals surface area contributed by atoms with Gasteiger partial charge in [0.05, 0.1) is 0 Å². The summed E-state index contributed by atoms with van der Waals surface area (Å²) in [4.78, 5) is 131. The van der Waals surface area contributed by atoms with Gasteiger partial charge in [-0.15, -0.1) is 0 Å². The zero-order valence-corrected chi connectivity index (χ0v) is 33.1. The second-order valence-corrected chi connectivity index (χ2v) is 8.31. The second kappa shape index (κ2) is 26.9. The van der Waals surface area contributed by atoms with Crippen molar-refractivity contribution in [3.63, 3.8) is 0 Å². The van der Waals surface area contributed by atoms with Gasteiger partial charge in [-0.3, -0.25) is 62.3 Å². The SMILES string of the molecule is O=[C-]CC(=O)CCN1C(=O)C=CC1=O.O=[C-]CC(=O)CCN1C(=O)C=CC1=O.O=[C-]CC(=O)CCN1C(=O)C=CC1=O.[CH3-].[W+2].[W].[W]. The minimum Gasteiger partial charge on any atom is -0.541 e. The number of nitrogens with zero attached hydrogens (tertiary/aromatic N) is 3. The Morgan fingerprint density at radius 2 is 0.630 bits per heavy atom. The molecule has 6 amide bonds. The molecule has 0 saturated heterocycles. The van der Waals surface area contributed by atoms with E-state index in [9.17, 15) is 57.5 Å². The molecule has 0 atom stereocenters. The molecule has 0 N–H and O–H groups in total. The van der Waals surface area contributed by atoms with Crippen LogP contribution in [0, 0.1) is 7.43 Å². The molecule has 15 nitrogen and oxygen atoms in total. The zero-order valence-electron chi connectivity index (χ0n) is 24.3. The Hall–Kier alpha value is -3.28. The predicted octanol–water partition coefficient (Wildman–Crippen LogP) is -1.45. The Morgan fingerprint density at radius 1 is 0.457 bits per heavy atom. The van der Waals surface area contributed by atoms with Gasteiger partial charge in [-0.2, -0.15) is 0 Å². The van der Waals surface area contributed by atoms with Crippen molar-refractivity contribution in [2.24, 2.45) is 0 Å². The number of carbonyl (C=O) groups is 9. The summed E-state index contributed by atoms with van der Waals surface area (Å²) in [5.74, 6) is -3.49. The van der Waals surface area contributed by atoms with Gasteiger partial charge in [-0.05, 0) is 0 Å². The Kier molecular flexibility index (Phi) is 29.0. The molecule has 0 radical (unpaired) electrons. The molecule has 3 aliphatic rings. The minimum absolute atomic E-state index is 0. The average Bonchev–Trinajstić information content (AvgIpc) is 3.56. The summed E-state index contributed by atoms with van der Waals surface area (Å²) in [6, 6.07) is 0. The van der Waals surface area contributed by atoms with Gasteiger partial charge in [0, 0.05) is 117 Å². The third kappa shape index (κ3) is 18.0. The van der Waals surface area contributed by atoms with Crippen molar-refractivity contribution in [2.75, 3.05) is 19.6 Å². The van der Waals surface area contributed by atoms with Crippen LogP contribution in [-0.4, -0.2) is 106 Å². The first-order chi connectivity index (χ1) is 19.9. The van der Waals surface area contributed by atoms with Gasteiger partial charge >= 0.3 is 21.1 Å². The van der Waals surface area contributed by atoms with Gasteiger partial charge in [-0.1, -0.05) is 19.3 Å². The van der Waals surface area contributed by atoms with E-state index in [-0.39, 0.29) is 146 Å². The Morgan fingerprint density at radius 3 is 0.783 bits per heavy atom. The fraction of sp³-hybridized carbons (Fsp3) is 0.321. The Balaban J connectivity index is -0.000000276. The molecule has 0 aromatic rings. The molecule has 0 fully saturated rings. The van der Waals surface area contributed by atoms with Crippen LogP contribution < -0.4 is 0 Å². The fourth-order valence-electron chi connectivity index (χ4n) is 3.17. The molecular formula is C28H27N3O12W3-2. The van der Waals surface area contributed by atoms with Crippen molar-refractivity contribution in [1.29, 1.82) is 0 Å². The van der Waals surface area contributed by atoms with Crippen LogP contribution in [0.4, 0.5) is 0 Å². The van der Waals surface area contributed by atoms with Gasteiger partial charge in [0.2, 0.25) is 0 Å². The maximum Gasteiger partial charge on any atom is 2.00 e. The molecule has 0 bridgehead atoms. The maximum atomic E-state index is 11.0. The number of hydrogen-bond acceptors (Lipinski definition) is 12. The van der Waals surface area contributed by atoms with E-state index in [1.165, 1.54) is 18.9 Å². The fourth-order valence-corrected chi connectivity index (χ4v) is 3.17. The number of Topliss-reactive ketones (excluding diaryl/α,β-unsaturated/α-hetero) is 3. The quantitative estimate of drug-likeness (QED) is 0.105. The van der Waals surface area contributed by atoms with Crippen molar-refractivity contribution in [3.05, 3.63) is 43.9 Å². The van der Waals surface area contributed by atoms with E-state index in [2.05, 4.69) is 0 Å². The van der Waals surface area contributed by atoms with E-state index < -0.39 is 35.4 Å². The van der Waals surface area contributed by atoms with Gasteiger partial charge < -0.3 is 36.2 Å². The summed E-state index contributed by atoms with van der Waals surface area (Å²) in [6.07, 6.45) is 10.5. The maximum absolute atomic E-state index is 11.0. The van der Waals surface area contributed by atoms with E-state index in [1.807, 2.05) is 0 Å². The van der Waals surface area contributed by atoms with Crippen LogP contribution in [-0.2, 0) is 121 Å². The largest absolute Gasteiger partial charge is 2.00 e. The third-order valence-electron chi connectivity index (χ3n) is 5.35. The van der Waals surface area contributed by atoms with Crippen LogP contribution >= 0.6 is 0 Å². The zero-order chi connectivity index (χ0) is 31.7. The molecule has 0 saturated carbocycles. The summed E-state index contributed by atoms with van der Waals surface area (Å²) < 4.78 is 0. The normalized spacial score (nSPS) is 13.7. The van der Waals surface area contributed by atoms with Crippen LogP contribution in [0.3, 0.4) is 0 Å². The molecule has 0 aliphatic carbocycles. The standard InChI is InChI=1S/3C9H8NO4.CH3.3W/c3*11-6-4-7(12)3-5-10-8(13)1-2-9(10)14;;;;/h3*1-2H,3-5H2;1H3;;;/q4*-1;;;+2. The van der Waals surface area contributed by atoms with E-state index in [0.717, 1.165) is 51.2 Å². The van der Waals surface area contributed by atoms with Crippen molar-refractivity contribution in [2.45, 2.75) is 38.5 Å². The van der Waals surface area contributed by atoms with E-state index in [4.69, 9.17) is 0 Å². The molecule has 246 valence electrons. The summed E-state index contributed by atoms with van der Waals surface area (Å²) in [6.45, 7) is 0.0987. The number of carbonyl (C=O) groups excluding carboxylic acids is 12. The molecule has 0 aromatic heterocycles. The first-order valence-electron chi connectivity index (χ1n) is 12.2. The predicted molar refractivity (Wildman–Crippen MR) is 144 cm³/mol. The summed E-state index contributed by atoms with van der Waals surface area (Å²) >= 11 is 0. The van der Waals surface area contributed by atoms with Crippen LogP contribution in [0.2, 0.25) is 0 Å². The Labute approximate surface area is 307 Å². The molecule has 0 aromatic carbocycles. The molecule has 18 heteroatoms. The monoisotopic (exact) mass is 1150 g/mol. The topological polar surface area (TPSA) is 215 Å². The second-order valence-electron chi connectivity index (χ2n) is 8.31. The first kappa shape index (κ1) is 49.6. The van der Waals surface area contributed by atoms with Crippen molar-refractivity contribution >= 4 is 71.7 Å². The molecule has 0 spiro atoms. The van der Waals surface area contributed by atoms with Crippen LogP contribution in [0.15, 0.2) is 36.5 Å². The van der Waals surface area contributed by atoms with E-state index in [1.54, 1.807) is 0 Å². The van der Waals surface area contributed by atoms with Crippen molar-refractivity contribution in [3.8, 4) is 0 Å². The first-order valence-corrected chi connectivity index (χ1v) is 12.2. The molecule has 46 heavy (non-hydrogen) atoms. The molecule has 3 rings (SSSR count). The molecular weight excluding hydrogens is 1120 g/mol. The summed E-state index contributed by atoms with van der Waals surface area (Å²) in [7, 11) is 0. The number of ketones is 3. The molecule has 3 heterocycles. The average molecular weight is 1150 g/mol. The van der Waals surface area contributed by atoms with Crippen molar-refractivity contribution < 1.29 is 121 Å². The van der Waals surface area contributed by atoms with Gasteiger partial charge in [0.1, 0.15) is 17.3 Å². The molecule has 0 unspecified atom stereocenters. The van der Waals surface area contributed by atoms with E-state index in [0.29, 0.717) is 0 Å².